The first-order valence-electron chi connectivity index (χ1n) is 33.9. The predicted molar refractivity (Wildman–Crippen MR) is 350 cm³/mol. The van der Waals surface area contributed by atoms with Crippen LogP contribution in [0.5, 0.6) is 23.0 Å². The molecule has 0 radical (unpaired) electrons. The molecule has 6 aromatic rings. The van der Waals surface area contributed by atoms with Gasteiger partial charge in [0.25, 0.3) is 0 Å². The molecular weight excluding hydrogens is 1210 g/mol. The van der Waals surface area contributed by atoms with Crippen LogP contribution in [0, 0.1) is 11.8 Å². The largest absolute Gasteiger partial charge is 0.504 e. The Morgan fingerprint density at radius 3 is 1.72 bits per heavy atom. The van der Waals surface area contributed by atoms with Crippen molar-refractivity contribution in [2.24, 2.45) is 22.6 Å². The number of aliphatic imine (C=N–C) groups is 1. The number of hydrogen-bond donors (Lipinski definition) is 14. The third kappa shape index (κ3) is 10.1. The average molecular weight is 1300 g/mol. The molecule has 2 saturated carbocycles. The summed E-state index contributed by atoms with van der Waals surface area (Å²) in [5.74, 6) is -0.653. The second kappa shape index (κ2) is 23.2. The maximum atomic E-state index is 13.3. The van der Waals surface area contributed by atoms with E-state index in [1.54, 1.807) is 18.2 Å². The fraction of sp³-hybridized carbons (Fsp3) is 0.500. The lowest BCUT2D eigenvalue weighted by atomic mass is 9.49. The molecule has 6 aliphatic carbocycles. The van der Waals surface area contributed by atoms with E-state index in [1.807, 2.05) is 42.5 Å². The zero-order chi connectivity index (χ0) is 65.3. The quantitative estimate of drug-likeness (QED) is 0.0248. The van der Waals surface area contributed by atoms with E-state index < -0.39 is 89.3 Å². The second-order valence-electron chi connectivity index (χ2n) is 28.3. The number of aromatic hydroxyl groups is 2. The van der Waals surface area contributed by atoms with E-state index in [0.717, 1.165) is 106 Å². The molecule has 4 bridgehead atoms. The third-order valence-corrected chi connectivity index (χ3v) is 22.7. The molecule has 15 N–H and O–H groups in total. The highest BCUT2D eigenvalue weighted by Gasteiger charge is 2.75. The molecule has 4 aromatic carbocycles. The Labute approximate surface area is 547 Å². The summed E-state index contributed by atoms with van der Waals surface area (Å²) in [5, 5.41) is 69.2. The van der Waals surface area contributed by atoms with Crippen LogP contribution >= 0.6 is 0 Å². The van der Waals surface area contributed by atoms with Crippen LogP contribution < -0.4 is 52.4 Å². The molecule has 2 spiro atoms. The van der Waals surface area contributed by atoms with Gasteiger partial charge in [-0.3, -0.25) is 43.6 Å². The molecule has 95 heavy (non-hydrogen) atoms. The Kier molecular flexibility index (Phi) is 14.9. The minimum absolute atomic E-state index is 0.0502. The lowest BCUT2D eigenvalue weighted by Crippen LogP contribution is -2.74. The van der Waals surface area contributed by atoms with Gasteiger partial charge in [0.05, 0.1) is 70.8 Å². The van der Waals surface area contributed by atoms with Crippen molar-refractivity contribution in [3.05, 3.63) is 105 Å². The molecule has 0 unspecified atom stereocenters. The van der Waals surface area contributed by atoms with Gasteiger partial charge in [0, 0.05) is 97.0 Å². The number of carbonyl (C=O) groups excluding carboxylic acids is 6. The van der Waals surface area contributed by atoms with Crippen LogP contribution in [0.1, 0.15) is 128 Å². The highest BCUT2D eigenvalue weighted by molar-refractivity contribution is 6.04. The van der Waals surface area contributed by atoms with E-state index in [1.165, 1.54) is 25.7 Å². The molecule has 4 aliphatic heterocycles. The van der Waals surface area contributed by atoms with Gasteiger partial charge < -0.3 is 82.8 Å². The van der Waals surface area contributed by atoms with Crippen molar-refractivity contribution in [3.8, 4) is 23.0 Å². The Balaban J connectivity index is 0.432. The van der Waals surface area contributed by atoms with Crippen LogP contribution in [0.4, 0.5) is 11.4 Å². The van der Waals surface area contributed by atoms with Crippen LogP contribution in [0.25, 0.3) is 21.8 Å². The fourth-order valence-corrected chi connectivity index (χ4v) is 18.0. The summed E-state index contributed by atoms with van der Waals surface area (Å²) in [6, 6.07) is 18.7. The standard InChI is InChI=1S/C70H81N13O12/c71-66(78-40-13-14-45-42(27-40)44-29-70(93)50-26-38-11-15-47(84)62-57(38)67(70,64(94-62)60(44)80-45)19-23-83(50)35-37-9-10-37)73-22-3-1-2-21-72-53(88)30-76-54(89)31-74-51(86)17-18-52(87)75-32-55(90)77-33-56(91)79-46-6-4-5-41-43-28-69(92)49-25-39-12-16-48(85)63-58(39)68(69,20-24-82(49)34-36-7-8-36)65(95-63)61(43)81-59(41)46/h4-6,11-16,27,36-37,49-50,64-65,80-81,84-85,92-93H,1-3,7-10,17-26,28-35H2,(H,72,88)(H,74,86)(H,75,87)(H,76,89)(H,77,90)(H,79,91)(H3,71,73,78)/t49-,50-,64-,65-,67-,68-,69+,70+/m0/s1. The lowest BCUT2D eigenvalue weighted by Gasteiger charge is -2.62. The highest BCUT2D eigenvalue weighted by Crippen LogP contribution is 2.71. The molecule has 16 rings (SSSR count). The van der Waals surface area contributed by atoms with Gasteiger partial charge in [0.1, 0.15) is 0 Å². The number of aliphatic hydroxyl groups is 2. The normalized spacial score (nSPS) is 26.9. The smallest absolute Gasteiger partial charge is 0.243 e. The zero-order valence-electron chi connectivity index (χ0n) is 52.9. The number of nitrogens with zero attached hydrogens (tertiary/aromatic N) is 3. The van der Waals surface area contributed by atoms with Gasteiger partial charge in [0.2, 0.25) is 35.4 Å². The summed E-state index contributed by atoms with van der Waals surface area (Å²) in [5.41, 5.74) is 13.2. The number of para-hydroxylation sites is 1. The van der Waals surface area contributed by atoms with Crippen molar-refractivity contribution < 1.29 is 58.7 Å². The molecule has 6 amide bonds. The van der Waals surface area contributed by atoms with Crippen LogP contribution in [0.2, 0.25) is 0 Å². The predicted octanol–water partition coefficient (Wildman–Crippen LogP) is 3.36. The first-order valence-corrected chi connectivity index (χ1v) is 33.9. The van der Waals surface area contributed by atoms with E-state index >= 15 is 0 Å². The minimum atomic E-state index is -1.18. The number of aromatic nitrogens is 2. The number of anilines is 2. The number of fused-ring (bicyclic) bond motifs is 8. The number of amides is 6. The molecule has 10 aliphatic rings. The van der Waals surface area contributed by atoms with Gasteiger partial charge in [-0.25, -0.2) is 0 Å². The summed E-state index contributed by atoms with van der Waals surface area (Å²) in [4.78, 5) is 92.8. The second-order valence-corrected chi connectivity index (χ2v) is 28.3. The number of unbranched alkanes of at least 4 members (excludes halogenated alkanes) is 2. The number of nitrogens with one attached hydrogen (secondary N) is 9. The Hall–Kier alpha value is -8.91. The number of phenolic OH excluding ortho intramolecular Hbond substituents is 2. The van der Waals surface area contributed by atoms with Gasteiger partial charge in [-0.05, 0) is 154 Å². The fourth-order valence-electron chi connectivity index (χ4n) is 18.0. The lowest BCUT2D eigenvalue weighted by molar-refractivity contribution is -0.173. The van der Waals surface area contributed by atoms with Crippen molar-refractivity contribution >= 4 is 74.6 Å². The molecule has 25 nitrogen and oxygen atoms in total. The van der Waals surface area contributed by atoms with Crippen molar-refractivity contribution in [2.75, 3.05) is 76.1 Å². The maximum absolute atomic E-state index is 13.3. The Morgan fingerprint density at radius 2 is 1.14 bits per heavy atom. The number of guanidine groups is 1. The first kappa shape index (κ1) is 61.0. The van der Waals surface area contributed by atoms with Gasteiger partial charge in [-0.15, -0.1) is 0 Å². The summed E-state index contributed by atoms with van der Waals surface area (Å²) in [7, 11) is 0. The number of hydrogen-bond acceptors (Lipinski definition) is 15. The number of piperidine rings is 2. The van der Waals surface area contributed by atoms with Crippen molar-refractivity contribution in [3.63, 3.8) is 0 Å². The number of ether oxygens (including phenoxy) is 2. The maximum Gasteiger partial charge on any atom is 0.243 e. The van der Waals surface area contributed by atoms with E-state index in [-0.39, 0.29) is 48.9 Å². The van der Waals surface area contributed by atoms with E-state index in [4.69, 9.17) is 15.2 Å². The number of aromatic amines is 2. The molecular formula is C70H81N13O12. The van der Waals surface area contributed by atoms with Crippen LogP contribution in [0.15, 0.2) is 65.7 Å². The number of benzene rings is 4. The van der Waals surface area contributed by atoms with Gasteiger partial charge in [0.15, 0.2) is 41.2 Å². The number of carbonyl (C=O) groups is 6. The molecule has 6 heterocycles. The number of nitrogens with two attached hydrogens (primary N) is 1. The van der Waals surface area contributed by atoms with Crippen molar-refractivity contribution in [1.29, 1.82) is 0 Å². The summed E-state index contributed by atoms with van der Waals surface area (Å²) in [6.45, 7) is 2.90. The minimum Gasteiger partial charge on any atom is -0.504 e. The molecule has 25 heteroatoms. The Morgan fingerprint density at radius 1 is 0.600 bits per heavy atom. The van der Waals surface area contributed by atoms with E-state index in [9.17, 15) is 49.2 Å². The molecule has 4 fully saturated rings. The number of H-pyrrole nitrogens is 2. The molecule has 2 saturated heterocycles. The molecule has 8 atom stereocenters. The van der Waals surface area contributed by atoms with Crippen molar-refractivity contribution in [2.45, 2.75) is 143 Å². The monoisotopic (exact) mass is 1300 g/mol. The molecule has 2 aromatic heterocycles. The summed E-state index contributed by atoms with van der Waals surface area (Å²) >= 11 is 0. The van der Waals surface area contributed by atoms with Crippen molar-refractivity contribution in [1.82, 2.24) is 46.4 Å². The SMILES string of the molecule is NC(=NCCCCCNC(=O)CNC(=O)CNC(=O)CCC(=O)NCC(=O)NCC(=O)Nc1cccc2c3c([nH]c12)[C@@H]1Oc2c(O)ccc4c2[C@@]12CCN(CC1CC1)[C@@H](C4)[C@]2(O)C3)Nc1ccc2[nH]c3c(c2c1)C[C@@]1(O)[C@@H]2Cc4ccc(O)c5c4[C@@]1(CCN2CC1CC1)[C@H]3O5. The van der Waals surface area contributed by atoms with Gasteiger partial charge >= 0.3 is 0 Å². The zero-order valence-corrected chi connectivity index (χ0v) is 52.9. The highest BCUT2D eigenvalue weighted by atomic mass is 16.5. The summed E-state index contributed by atoms with van der Waals surface area (Å²) in [6.07, 6.45) is 8.98. The van der Waals surface area contributed by atoms with Crippen LogP contribution in [0.3, 0.4) is 0 Å². The Bertz CT molecular complexity index is 4230. The van der Waals surface area contributed by atoms with Crippen LogP contribution in [-0.2, 0) is 65.3 Å². The first-order chi connectivity index (χ1) is 45.9. The van der Waals surface area contributed by atoms with E-state index in [2.05, 4.69) is 62.0 Å². The summed E-state index contributed by atoms with van der Waals surface area (Å²) < 4.78 is 13.5. The average Bonchev–Trinajstić information content (AvgIpc) is 1.49. The van der Waals surface area contributed by atoms with E-state index in [0.29, 0.717) is 92.6 Å². The van der Waals surface area contributed by atoms with Crippen LogP contribution in [-0.4, -0.2) is 170 Å². The topological polar surface area (TPSA) is 362 Å². The number of likely N-dealkylation sites (tertiary alicyclic amines) is 2. The van der Waals surface area contributed by atoms with Gasteiger partial charge in [-0.1, -0.05) is 24.3 Å². The third-order valence-electron chi connectivity index (χ3n) is 22.7. The molecule has 498 valence electrons. The van der Waals surface area contributed by atoms with Gasteiger partial charge in [-0.2, -0.15) is 0 Å². The number of rotatable bonds is 23. The number of phenols is 2.